The van der Waals surface area contributed by atoms with Gasteiger partial charge in [0.1, 0.15) is 5.56 Å². The van der Waals surface area contributed by atoms with Gasteiger partial charge in [-0.15, -0.1) is 0 Å². The van der Waals surface area contributed by atoms with E-state index in [0.29, 0.717) is 6.54 Å². The average molecular weight is 291 g/mol. The molecule has 0 saturated heterocycles. The van der Waals surface area contributed by atoms with Gasteiger partial charge in [0.25, 0.3) is 5.91 Å². The van der Waals surface area contributed by atoms with Crippen molar-refractivity contribution >= 4 is 11.9 Å². The van der Waals surface area contributed by atoms with Gasteiger partial charge < -0.3 is 10.0 Å². The quantitative estimate of drug-likeness (QED) is 0.882. The molecule has 8 heteroatoms. The Kier molecular flexibility index (Phi) is 3.79. The molecule has 1 N–H and O–H groups in total. The van der Waals surface area contributed by atoms with E-state index >= 15 is 0 Å². The zero-order valence-electron chi connectivity index (χ0n) is 12.4. The molecule has 0 fully saturated rings. The van der Waals surface area contributed by atoms with Crippen LogP contribution < -0.4 is 0 Å². The predicted octanol–water partition coefficient (Wildman–Crippen LogP) is 0.432. The smallest absolute Gasteiger partial charge is 0.339 e. The van der Waals surface area contributed by atoms with E-state index in [4.69, 9.17) is 5.11 Å². The Morgan fingerprint density at radius 1 is 1.38 bits per heavy atom. The fraction of sp³-hybridized carbons (Fsp3) is 0.385. The predicted molar refractivity (Wildman–Crippen MR) is 73.9 cm³/mol. The Hall–Kier alpha value is -2.64. The van der Waals surface area contributed by atoms with E-state index in [0.717, 1.165) is 11.3 Å². The summed E-state index contributed by atoms with van der Waals surface area (Å²) >= 11 is 0. The molecule has 0 unspecified atom stereocenters. The Bertz CT molecular complexity index is 701. The molecule has 0 saturated carbocycles. The fourth-order valence-electron chi connectivity index (χ4n) is 2.01. The molecule has 0 bridgehead atoms. The number of aryl methyl sites for hydroxylation is 2. The summed E-state index contributed by atoms with van der Waals surface area (Å²) in [4.78, 5) is 24.9. The molecule has 0 aliphatic carbocycles. The number of rotatable bonds is 4. The minimum absolute atomic E-state index is 0.0611. The normalized spacial score (nSPS) is 10.7. The Balaban J connectivity index is 2.24. The topological polar surface area (TPSA) is 93.2 Å². The van der Waals surface area contributed by atoms with Crippen LogP contribution in [-0.2, 0) is 20.6 Å². The van der Waals surface area contributed by atoms with E-state index in [2.05, 4.69) is 10.2 Å². The highest BCUT2D eigenvalue weighted by Gasteiger charge is 2.24. The lowest BCUT2D eigenvalue weighted by Gasteiger charge is -2.16. The number of hydrogen-bond acceptors (Lipinski definition) is 4. The lowest BCUT2D eigenvalue weighted by atomic mass is 10.2. The van der Waals surface area contributed by atoms with Gasteiger partial charge in [-0.3, -0.25) is 14.2 Å². The largest absolute Gasteiger partial charge is 0.478 e. The number of aromatic nitrogens is 4. The first kappa shape index (κ1) is 14.8. The van der Waals surface area contributed by atoms with E-state index in [1.54, 1.807) is 25.0 Å². The molecule has 0 aromatic carbocycles. The number of aromatic carboxylic acids is 1. The van der Waals surface area contributed by atoms with Crippen molar-refractivity contribution in [2.24, 2.45) is 14.1 Å². The van der Waals surface area contributed by atoms with E-state index in [-0.39, 0.29) is 11.3 Å². The van der Waals surface area contributed by atoms with Crippen LogP contribution in [0.3, 0.4) is 0 Å². The van der Waals surface area contributed by atoms with Crippen molar-refractivity contribution in [1.82, 2.24) is 24.5 Å². The van der Waals surface area contributed by atoms with E-state index in [1.807, 2.05) is 14.0 Å². The van der Waals surface area contributed by atoms with Crippen molar-refractivity contribution in [2.45, 2.75) is 13.5 Å². The number of carboxylic acids is 1. The Morgan fingerprint density at radius 2 is 2.05 bits per heavy atom. The highest BCUT2D eigenvalue weighted by Crippen LogP contribution is 2.13. The second kappa shape index (κ2) is 5.39. The second-order valence-electron chi connectivity index (χ2n) is 4.91. The van der Waals surface area contributed by atoms with E-state index in [1.165, 1.54) is 15.8 Å². The summed E-state index contributed by atoms with van der Waals surface area (Å²) in [6, 6.07) is 0. The van der Waals surface area contributed by atoms with Crippen molar-refractivity contribution in [2.75, 3.05) is 7.05 Å². The van der Waals surface area contributed by atoms with Crippen molar-refractivity contribution in [3.05, 3.63) is 34.9 Å². The molecule has 2 rings (SSSR count). The van der Waals surface area contributed by atoms with Gasteiger partial charge in [-0.25, -0.2) is 4.79 Å². The maximum atomic E-state index is 12.4. The standard InChI is InChI=1S/C13H17N5O3/c1-8-9(5-14-18(8)4)6-16(2)12(19)11-10(13(20)21)7-17(3)15-11/h5,7H,6H2,1-4H3,(H,20,21). The summed E-state index contributed by atoms with van der Waals surface area (Å²) in [6.45, 7) is 2.25. The summed E-state index contributed by atoms with van der Waals surface area (Å²) in [5.41, 5.74) is 1.70. The second-order valence-corrected chi connectivity index (χ2v) is 4.91. The van der Waals surface area contributed by atoms with Crippen molar-refractivity contribution in [3.63, 3.8) is 0 Å². The van der Waals surface area contributed by atoms with Crippen LogP contribution >= 0.6 is 0 Å². The van der Waals surface area contributed by atoms with Crippen LogP contribution in [0, 0.1) is 6.92 Å². The van der Waals surface area contributed by atoms with Gasteiger partial charge in [0.2, 0.25) is 0 Å². The third-order valence-corrected chi connectivity index (χ3v) is 3.35. The number of amides is 1. The first-order chi connectivity index (χ1) is 9.81. The number of carboxylic acid groups (broad SMARTS) is 1. The molecule has 1 amide bonds. The average Bonchev–Trinajstić information content (AvgIpc) is 2.95. The molecule has 2 aromatic heterocycles. The first-order valence-corrected chi connectivity index (χ1v) is 6.31. The molecule has 21 heavy (non-hydrogen) atoms. The molecule has 2 aromatic rings. The lowest BCUT2D eigenvalue weighted by molar-refractivity contribution is 0.0679. The molecule has 112 valence electrons. The van der Waals surface area contributed by atoms with Crippen LogP contribution in [0.2, 0.25) is 0 Å². The SMILES string of the molecule is Cc1c(CN(C)C(=O)c2nn(C)cc2C(=O)O)cnn1C. The van der Waals surface area contributed by atoms with Gasteiger partial charge in [0.15, 0.2) is 5.69 Å². The zero-order valence-corrected chi connectivity index (χ0v) is 12.4. The maximum Gasteiger partial charge on any atom is 0.339 e. The number of nitrogens with zero attached hydrogens (tertiary/aromatic N) is 5. The molecule has 0 aliphatic heterocycles. The first-order valence-electron chi connectivity index (χ1n) is 6.31. The Morgan fingerprint density at radius 3 is 2.57 bits per heavy atom. The number of carbonyl (C=O) groups excluding carboxylic acids is 1. The van der Waals surface area contributed by atoms with E-state index < -0.39 is 11.9 Å². The lowest BCUT2D eigenvalue weighted by Crippen LogP contribution is -2.28. The minimum atomic E-state index is -1.17. The van der Waals surface area contributed by atoms with Crippen LogP contribution in [0.4, 0.5) is 0 Å². The van der Waals surface area contributed by atoms with Crippen LogP contribution in [0.1, 0.15) is 32.1 Å². The number of carbonyl (C=O) groups is 2. The van der Waals surface area contributed by atoms with Gasteiger partial charge in [-0.05, 0) is 6.92 Å². The molecular weight excluding hydrogens is 274 g/mol. The molecule has 8 nitrogen and oxygen atoms in total. The van der Waals surface area contributed by atoms with Gasteiger partial charge >= 0.3 is 5.97 Å². The van der Waals surface area contributed by atoms with Gasteiger partial charge in [-0.1, -0.05) is 0 Å². The molecule has 0 atom stereocenters. The maximum absolute atomic E-state index is 12.4. The van der Waals surface area contributed by atoms with Crippen LogP contribution in [0.15, 0.2) is 12.4 Å². The molecule has 0 radical (unpaired) electrons. The fourth-order valence-corrected chi connectivity index (χ4v) is 2.01. The Labute approximate surface area is 121 Å². The van der Waals surface area contributed by atoms with Crippen molar-refractivity contribution in [3.8, 4) is 0 Å². The van der Waals surface area contributed by atoms with Crippen LogP contribution in [-0.4, -0.2) is 48.5 Å². The van der Waals surface area contributed by atoms with Crippen molar-refractivity contribution in [1.29, 1.82) is 0 Å². The third kappa shape index (κ3) is 2.78. The van der Waals surface area contributed by atoms with Gasteiger partial charge in [-0.2, -0.15) is 10.2 Å². The molecule has 0 aliphatic rings. The molecular formula is C13H17N5O3. The summed E-state index contributed by atoms with van der Waals surface area (Å²) in [6.07, 6.45) is 3.01. The summed E-state index contributed by atoms with van der Waals surface area (Å²) in [5, 5.41) is 17.2. The summed E-state index contributed by atoms with van der Waals surface area (Å²) < 4.78 is 3.04. The molecule has 2 heterocycles. The van der Waals surface area contributed by atoms with Gasteiger partial charge in [0, 0.05) is 45.1 Å². The zero-order chi connectivity index (χ0) is 15.7. The minimum Gasteiger partial charge on any atom is -0.478 e. The highest BCUT2D eigenvalue weighted by atomic mass is 16.4. The van der Waals surface area contributed by atoms with Crippen molar-refractivity contribution < 1.29 is 14.7 Å². The van der Waals surface area contributed by atoms with Crippen LogP contribution in [0.5, 0.6) is 0 Å². The monoisotopic (exact) mass is 291 g/mol. The van der Waals surface area contributed by atoms with Gasteiger partial charge in [0.05, 0.1) is 6.20 Å². The summed E-state index contributed by atoms with van der Waals surface area (Å²) in [7, 11) is 5.01. The summed E-state index contributed by atoms with van der Waals surface area (Å²) in [5.74, 6) is -1.60. The number of hydrogen-bond donors (Lipinski definition) is 1. The third-order valence-electron chi connectivity index (χ3n) is 3.35. The highest BCUT2D eigenvalue weighted by molar-refractivity contribution is 6.03. The molecule has 0 spiro atoms. The van der Waals surface area contributed by atoms with E-state index in [9.17, 15) is 9.59 Å². The van der Waals surface area contributed by atoms with Crippen LogP contribution in [0.25, 0.3) is 0 Å².